The summed E-state index contributed by atoms with van der Waals surface area (Å²) in [5.74, 6) is -1.27. The Bertz CT molecular complexity index is 2030. The van der Waals surface area contributed by atoms with E-state index in [0.29, 0.717) is 82.9 Å². The van der Waals surface area contributed by atoms with Crippen LogP contribution >= 0.6 is 0 Å². The third-order valence-electron chi connectivity index (χ3n) is 16.4. The highest BCUT2D eigenvalue weighted by molar-refractivity contribution is 5.74. The molecule has 1 spiro atoms. The summed E-state index contributed by atoms with van der Waals surface area (Å²) in [5, 5.41) is 76.3. The van der Waals surface area contributed by atoms with Gasteiger partial charge in [0.25, 0.3) is 0 Å². The number of aldehydes is 1. The van der Waals surface area contributed by atoms with Crippen LogP contribution in [0.1, 0.15) is 96.6 Å². The van der Waals surface area contributed by atoms with Crippen LogP contribution in [0.4, 0.5) is 0 Å². The molecule has 2 heterocycles. The highest BCUT2D eigenvalue weighted by Crippen LogP contribution is 2.67. The molecule has 0 saturated heterocycles. The third-order valence-corrected chi connectivity index (χ3v) is 16.4. The number of benzene rings is 1. The summed E-state index contributed by atoms with van der Waals surface area (Å²) in [7, 11) is 3.55. The molecule has 11 nitrogen and oxygen atoms in total. The molecule has 1 aromatic rings. The van der Waals surface area contributed by atoms with Crippen LogP contribution in [-0.2, 0) is 27.1 Å². The molecule has 1 aromatic carbocycles. The summed E-state index contributed by atoms with van der Waals surface area (Å²) in [5.41, 5.74) is 3.55. The molecule has 0 aromatic heterocycles. The zero-order chi connectivity index (χ0) is 48.5. The number of hydrogen-bond donors (Lipinski definition) is 8. The minimum atomic E-state index is -1.30. The molecule has 2 aliphatic heterocycles. The van der Waals surface area contributed by atoms with Gasteiger partial charge >= 0.3 is 0 Å². The van der Waals surface area contributed by atoms with Crippen LogP contribution in [0.2, 0.25) is 0 Å². The predicted octanol–water partition coefficient (Wildman–Crippen LogP) is 6.60. The first-order valence-electron chi connectivity index (χ1n) is 25.0. The molecular weight excluding hydrogens is 845 g/mol. The number of carbonyl (C=O) groups excluding carboxylic acids is 1. The number of methoxy groups -OCH3 is 1. The molecule has 2 saturated carbocycles. The first kappa shape index (κ1) is 53.0. The average molecular weight is 927 g/mol. The smallest absolute Gasteiger partial charge is 0.162 e. The number of rotatable bonds is 18. The lowest BCUT2D eigenvalue weighted by Gasteiger charge is -2.61. The van der Waals surface area contributed by atoms with Crippen molar-refractivity contribution in [3.63, 3.8) is 0 Å². The summed E-state index contributed by atoms with van der Waals surface area (Å²) < 4.78 is 12.0. The van der Waals surface area contributed by atoms with Crippen LogP contribution in [-0.4, -0.2) is 113 Å². The second-order valence-corrected chi connectivity index (χ2v) is 20.9. The van der Waals surface area contributed by atoms with E-state index in [2.05, 4.69) is 73.6 Å². The molecule has 11 heteroatoms. The molecule has 370 valence electrons. The van der Waals surface area contributed by atoms with Gasteiger partial charge in [0.2, 0.25) is 0 Å². The topological polar surface area (TPSA) is 181 Å². The SMILES string of the molecule is C=C(/C=C/C=C(/[C@@H]1C=C[C@@H](C(C)C)[C@H](O)O1)[C@@H]1CC[C@]2([C@@H]1O)[C@@H]1C(=C(C)C=O)[C@@H](C=C[C@H]1CCO)C[C@]2(O)CCNC)[C@H]1C/C=C(\C)[C@@H](O)N[C@@](CCCO)(CCOC)Cc2cccc(c2)C1. The molecule has 0 unspecified atom stereocenters. The molecule has 5 aliphatic rings. The van der Waals surface area contributed by atoms with E-state index in [1.54, 1.807) is 7.11 Å². The Hall–Kier alpha value is -3.33. The standard InChI is InChI=1S/C56H82N2O9/c1-36(2)45-19-20-48(67-53(45)64)46(47-21-24-56(51(47)62)50-42(22-29-60)17-18-44(49(50)39(5)35-61)34-55(56,65)25-27-57-6)14-8-11-37(3)43-16-15-38(4)52(63)58-54(23-10-28-59,26-30-66-7)33-41-13-9-12-40(31-41)32-43/h8-9,11-15,17-20,31,35-36,42-45,47-48,50-53,57-60,62-65H,3,10,16,21-30,32-34H2,1-2,4-7H3/b11-8+,38-15+,46-14+,49-39?/t42-,43-,44-,45-,47-,48-,50-,51+,52+,53+,54-,55+,56+/m0/s1. The lowest BCUT2D eigenvalue weighted by atomic mass is 9.45. The van der Waals surface area contributed by atoms with Gasteiger partial charge in [-0.3, -0.25) is 10.1 Å². The van der Waals surface area contributed by atoms with Gasteiger partial charge in [0.15, 0.2) is 6.29 Å². The molecule has 6 rings (SSSR count). The van der Waals surface area contributed by atoms with Crippen LogP contribution in [0.15, 0.2) is 107 Å². The third kappa shape index (κ3) is 11.5. The maximum Gasteiger partial charge on any atom is 0.162 e. The number of ether oxygens (including phenoxy) is 2. The van der Waals surface area contributed by atoms with E-state index in [1.807, 2.05) is 51.3 Å². The number of nitrogens with one attached hydrogen (secondary N) is 2. The quantitative estimate of drug-likeness (QED) is 0.0344. The van der Waals surface area contributed by atoms with Crippen LogP contribution in [0.3, 0.4) is 0 Å². The first-order valence-corrected chi connectivity index (χ1v) is 25.0. The number of hydrogen-bond acceptors (Lipinski definition) is 11. The van der Waals surface area contributed by atoms with Crippen molar-refractivity contribution in [3.05, 3.63) is 118 Å². The van der Waals surface area contributed by atoms with E-state index in [1.165, 1.54) is 5.56 Å². The lowest BCUT2D eigenvalue weighted by molar-refractivity contribution is -0.195. The Labute approximate surface area is 400 Å². The van der Waals surface area contributed by atoms with Crippen molar-refractivity contribution in [1.82, 2.24) is 10.6 Å². The fraction of sp³-hybridized carbons (Fsp3) is 0.625. The van der Waals surface area contributed by atoms with E-state index in [9.17, 15) is 35.4 Å². The van der Waals surface area contributed by atoms with E-state index in [4.69, 9.17) is 9.47 Å². The van der Waals surface area contributed by atoms with Crippen LogP contribution in [0.25, 0.3) is 0 Å². The van der Waals surface area contributed by atoms with Gasteiger partial charge in [0.1, 0.15) is 18.6 Å². The minimum Gasteiger partial charge on any atom is -0.396 e. The maximum atomic E-state index is 13.2. The van der Waals surface area contributed by atoms with Crippen LogP contribution < -0.4 is 10.6 Å². The summed E-state index contributed by atoms with van der Waals surface area (Å²) >= 11 is 0. The first-order chi connectivity index (χ1) is 32.1. The zero-order valence-corrected chi connectivity index (χ0v) is 41.1. The fourth-order valence-electron chi connectivity index (χ4n) is 12.7. The van der Waals surface area contributed by atoms with Crippen molar-refractivity contribution in [3.8, 4) is 0 Å². The molecular formula is C56H82N2O9. The van der Waals surface area contributed by atoms with Gasteiger partial charge in [-0.2, -0.15) is 0 Å². The Morgan fingerprint density at radius 3 is 2.54 bits per heavy atom. The van der Waals surface area contributed by atoms with E-state index in [0.717, 1.165) is 40.6 Å². The van der Waals surface area contributed by atoms with E-state index < -0.39 is 47.2 Å². The van der Waals surface area contributed by atoms with Gasteiger partial charge in [0.05, 0.1) is 11.7 Å². The Morgan fingerprint density at radius 2 is 1.85 bits per heavy atom. The molecule has 13 atom stereocenters. The van der Waals surface area contributed by atoms with E-state index in [-0.39, 0.29) is 48.7 Å². The zero-order valence-electron chi connectivity index (χ0n) is 41.1. The van der Waals surface area contributed by atoms with Crippen molar-refractivity contribution in [1.29, 1.82) is 0 Å². The monoisotopic (exact) mass is 927 g/mol. The summed E-state index contributed by atoms with van der Waals surface area (Å²) in [6.07, 6.45) is 19.8. The summed E-state index contributed by atoms with van der Waals surface area (Å²) in [4.78, 5) is 12.6. The normalized spacial score (nSPS) is 37.3. The number of aliphatic hydroxyl groups is 6. The van der Waals surface area contributed by atoms with Crippen molar-refractivity contribution in [2.75, 3.05) is 40.5 Å². The molecule has 2 fully saturated rings. The second-order valence-electron chi connectivity index (χ2n) is 20.9. The second kappa shape index (κ2) is 23.5. The summed E-state index contributed by atoms with van der Waals surface area (Å²) in [6.45, 7) is 13.5. The Kier molecular flexibility index (Phi) is 18.6. The number of fused-ring (bicyclic) bond motifs is 5. The number of allylic oxidation sites excluding steroid dienone is 9. The molecule has 3 aliphatic carbocycles. The highest BCUT2D eigenvalue weighted by atomic mass is 16.6. The van der Waals surface area contributed by atoms with Gasteiger partial charge in [-0.1, -0.05) is 104 Å². The van der Waals surface area contributed by atoms with Crippen molar-refractivity contribution in [2.45, 2.75) is 134 Å². The molecule has 0 amide bonds. The molecule has 4 bridgehead atoms. The molecule has 8 N–H and O–H groups in total. The highest BCUT2D eigenvalue weighted by Gasteiger charge is 2.69. The predicted molar refractivity (Wildman–Crippen MR) is 264 cm³/mol. The number of aliphatic hydroxyl groups excluding tert-OH is 5. The molecule has 67 heavy (non-hydrogen) atoms. The largest absolute Gasteiger partial charge is 0.396 e. The maximum absolute atomic E-state index is 13.2. The van der Waals surface area contributed by atoms with Crippen molar-refractivity contribution < 1.29 is 44.9 Å². The van der Waals surface area contributed by atoms with Crippen molar-refractivity contribution >= 4 is 6.29 Å². The van der Waals surface area contributed by atoms with Gasteiger partial charge in [0, 0.05) is 55.6 Å². The summed E-state index contributed by atoms with van der Waals surface area (Å²) in [6, 6.07) is 8.60. The van der Waals surface area contributed by atoms with Gasteiger partial charge in [-0.25, -0.2) is 0 Å². The minimum absolute atomic E-state index is 0.0104. The Morgan fingerprint density at radius 1 is 1.07 bits per heavy atom. The number of carbonyl (C=O) groups is 1. The van der Waals surface area contributed by atoms with Gasteiger partial charge in [-0.05, 0) is 150 Å². The van der Waals surface area contributed by atoms with E-state index >= 15 is 0 Å². The fourth-order valence-corrected chi connectivity index (χ4v) is 12.7. The average Bonchev–Trinajstić information content (AvgIpc) is 3.65. The molecule has 0 radical (unpaired) electrons. The van der Waals surface area contributed by atoms with Crippen LogP contribution in [0, 0.1) is 46.8 Å². The van der Waals surface area contributed by atoms with Crippen LogP contribution in [0.5, 0.6) is 0 Å². The van der Waals surface area contributed by atoms with Gasteiger partial charge < -0.3 is 45.4 Å². The lowest BCUT2D eigenvalue weighted by Crippen LogP contribution is -2.65. The van der Waals surface area contributed by atoms with Crippen molar-refractivity contribution in [2.24, 2.45) is 46.8 Å². The van der Waals surface area contributed by atoms with Gasteiger partial charge in [-0.15, -0.1) is 0 Å². The Balaban J connectivity index is 1.38.